The quantitative estimate of drug-likeness (QED) is 0.259. The topological polar surface area (TPSA) is 69.9 Å². The fraction of sp³-hybridized carbons (Fsp3) is 0.130. The van der Waals surface area contributed by atoms with E-state index in [2.05, 4.69) is 15.2 Å². The minimum atomic E-state index is -0.331. The lowest BCUT2D eigenvalue weighted by atomic mass is 10.1. The molecule has 2 aromatic heterocycles. The van der Waals surface area contributed by atoms with E-state index in [1.54, 1.807) is 12.4 Å². The van der Waals surface area contributed by atoms with Crippen LogP contribution in [0, 0.1) is 13.8 Å². The Hall–Kier alpha value is -3.45. The predicted octanol–water partition coefficient (Wildman–Crippen LogP) is 4.64. The summed E-state index contributed by atoms with van der Waals surface area (Å²) in [4.78, 5) is 16.7. The first-order valence-corrected chi connectivity index (χ1v) is 10.4. The lowest BCUT2D eigenvalue weighted by Gasteiger charge is -2.11. The second kappa shape index (κ2) is 8.92. The number of pyridine rings is 1. The highest BCUT2D eigenvalue weighted by molar-refractivity contribution is 7.99. The van der Waals surface area contributed by atoms with E-state index in [-0.39, 0.29) is 11.7 Å². The maximum absolute atomic E-state index is 12.5. The zero-order valence-electron chi connectivity index (χ0n) is 16.6. The molecule has 0 aliphatic carbocycles. The predicted molar refractivity (Wildman–Crippen MR) is 117 cm³/mol. The number of ether oxygens (including phenoxy) is 1. The van der Waals surface area contributed by atoms with Crippen molar-refractivity contribution in [3.63, 3.8) is 0 Å². The lowest BCUT2D eigenvalue weighted by Crippen LogP contribution is -2.13. The van der Waals surface area contributed by atoms with Gasteiger partial charge in [0.15, 0.2) is 11.0 Å². The minimum Gasteiger partial charge on any atom is -0.425 e. The van der Waals surface area contributed by atoms with Crippen molar-refractivity contribution in [3.05, 3.63) is 84.2 Å². The van der Waals surface area contributed by atoms with Crippen LogP contribution in [0.4, 0.5) is 0 Å². The van der Waals surface area contributed by atoms with Gasteiger partial charge in [0, 0.05) is 23.6 Å². The van der Waals surface area contributed by atoms with Crippen LogP contribution in [0.5, 0.6) is 5.75 Å². The van der Waals surface area contributed by atoms with Crippen molar-refractivity contribution >= 4 is 17.7 Å². The minimum absolute atomic E-state index is 0.117. The number of aromatic nitrogens is 4. The Bertz CT molecular complexity index is 1140. The number of rotatable bonds is 6. The number of carbonyl (C=O) groups is 1. The first-order chi connectivity index (χ1) is 14.6. The fourth-order valence-electron chi connectivity index (χ4n) is 3.08. The van der Waals surface area contributed by atoms with Gasteiger partial charge in [-0.2, -0.15) is 0 Å². The number of hydrogen-bond donors (Lipinski definition) is 0. The molecule has 0 N–H and O–H groups in total. The summed E-state index contributed by atoms with van der Waals surface area (Å²) in [5.41, 5.74) is 3.62. The third-order valence-corrected chi connectivity index (χ3v) is 5.41. The Balaban J connectivity index is 1.59. The molecule has 0 aliphatic rings. The van der Waals surface area contributed by atoms with Gasteiger partial charge in [0.2, 0.25) is 0 Å². The third kappa shape index (κ3) is 4.26. The lowest BCUT2D eigenvalue weighted by molar-refractivity contribution is -0.131. The van der Waals surface area contributed by atoms with Gasteiger partial charge in [0.1, 0.15) is 5.75 Å². The van der Waals surface area contributed by atoms with Crippen LogP contribution in [0.25, 0.3) is 17.1 Å². The maximum Gasteiger partial charge on any atom is 0.321 e. The summed E-state index contributed by atoms with van der Waals surface area (Å²) < 4.78 is 7.53. The summed E-state index contributed by atoms with van der Waals surface area (Å²) in [7, 11) is 0. The number of para-hydroxylation sites is 2. The maximum atomic E-state index is 12.5. The molecule has 4 aromatic rings. The van der Waals surface area contributed by atoms with E-state index in [4.69, 9.17) is 4.74 Å². The zero-order chi connectivity index (χ0) is 20.9. The third-order valence-electron chi connectivity index (χ3n) is 4.51. The Kier molecular flexibility index (Phi) is 5.90. The molecule has 0 radical (unpaired) electrons. The summed E-state index contributed by atoms with van der Waals surface area (Å²) in [6.07, 6.45) is 3.46. The van der Waals surface area contributed by atoms with E-state index in [1.807, 2.05) is 79.1 Å². The van der Waals surface area contributed by atoms with Gasteiger partial charge in [-0.15, -0.1) is 10.2 Å². The summed E-state index contributed by atoms with van der Waals surface area (Å²) in [5, 5.41) is 9.29. The average molecular weight is 417 g/mol. The van der Waals surface area contributed by atoms with Crippen LogP contribution in [0.1, 0.15) is 11.1 Å². The molecule has 0 atom stereocenters. The van der Waals surface area contributed by atoms with Crippen molar-refractivity contribution in [2.75, 3.05) is 5.75 Å². The van der Waals surface area contributed by atoms with Crippen molar-refractivity contribution in [2.45, 2.75) is 19.0 Å². The second-order valence-corrected chi connectivity index (χ2v) is 7.65. The summed E-state index contributed by atoms with van der Waals surface area (Å²) in [6.45, 7) is 3.85. The van der Waals surface area contributed by atoms with E-state index in [1.165, 1.54) is 11.8 Å². The molecule has 0 bridgehead atoms. The van der Waals surface area contributed by atoms with Crippen LogP contribution < -0.4 is 4.74 Å². The number of aryl methyl sites for hydroxylation is 2. The van der Waals surface area contributed by atoms with Gasteiger partial charge in [0.05, 0.1) is 5.75 Å². The first kappa shape index (κ1) is 19.8. The molecule has 0 unspecified atom stereocenters. The summed E-state index contributed by atoms with van der Waals surface area (Å²) in [6, 6.07) is 19.4. The Labute approximate surface area is 179 Å². The van der Waals surface area contributed by atoms with Gasteiger partial charge in [-0.05, 0) is 49.2 Å². The number of esters is 1. The van der Waals surface area contributed by atoms with Crippen LogP contribution in [0.15, 0.2) is 78.2 Å². The number of carbonyl (C=O) groups excluding carboxylic acids is 1. The number of thioether (sulfide) groups is 1. The molecule has 0 fully saturated rings. The highest BCUT2D eigenvalue weighted by Gasteiger charge is 2.18. The Morgan fingerprint density at radius 2 is 1.73 bits per heavy atom. The molecule has 30 heavy (non-hydrogen) atoms. The van der Waals surface area contributed by atoms with Crippen molar-refractivity contribution in [1.82, 2.24) is 19.7 Å². The molecule has 7 heteroatoms. The second-order valence-electron chi connectivity index (χ2n) is 6.70. The molecule has 0 amide bonds. The average Bonchev–Trinajstić information content (AvgIpc) is 3.20. The van der Waals surface area contributed by atoms with Crippen molar-refractivity contribution in [2.24, 2.45) is 0 Å². The number of hydrogen-bond acceptors (Lipinski definition) is 6. The van der Waals surface area contributed by atoms with Crippen molar-refractivity contribution in [3.8, 4) is 22.8 Å². The normalized spacial score (nSPS) is 10.7. The fourth-order valence-corrected chi connectivity index (χ4v) is 3.81. The molecule has 2 aromatic carbocycles. The molecule has 6 nitrogen and oxygen atoms in total. The van der Waals surface area contributed by atoms with Crippen molar-refractivity contribution in [1.29, 1.82) is 0 Å². The van der Waals surface area contributed by atoms with Crippen molar-refractivity contribution < 1.29 is 9.53 Å². The summed E-state index contributed by atoms with van der Waals surface area (Å²) in [5.74, 6) is 1.07. The Morgan fingerprint density at radius 1 is 0.967 bits per heavy atom. The van der Waals surface area contributed by atoms with Gasteiger partial charge in [0.25, 0.3) is 0 Å². The summed E-state index contributed by atoms with van der Waals surface area (Å²) >= 11 is 1.29. The molecular formula is C23H20N4O2S. The standard InChI is InChI=1S/C23H20N4O2S/c1-16-8-6-9-17(2)21(16)29-20(28)15-30-23-26-25-22(18-10-7-13-24-14-18)27(23)19-11-4-3-5-12-19/h3-14H,15H2,1-2H3. The highest BCUT2D eigenvalue weighted by atomic mass is 32.2. The molecular weight excluding hydrogens is 396 g/mol. The van der Waals surface area contributed by atoms with Crippen LogP contribution in [0.3, 0.4) is 0 Å². The monoisotopic (exact) mass is 416 g/mol. The number of benzene rings is 2. The largest absolute Gasteiger partial charge is 0.425 e. The van der Waals surface area contributed by atoms with E-state index >= 15 is 0 Å². The van der Waals surface area contributed by atoms with Crippen LogP contribution in [-0.2, 0) is 4.79 Å². The van der Waals surface area contributed by atoms with E-state index in [9.17, 15) is 4.79 Å². The van der Waals surface area contributed by atoms with Gasteiger partial charge in [-0.3, -0.25) is 14.3 Å². The van der Waals surface area contributed by atoms with Gasteiger partial charge in [-0.25, -0.2) is 0 Å². The molecule has 150 valence electrons. The molecule has 0 saturated carbocycles. The smallest absolute Gasteiger partial charge is 0.321 e. The van der Waals surface area contributed by atoms with Gasteiger partial charge >= 0.3 is 5.97 Å². The molecule has 0 aliphatic heterocycles. The van der Waals surface area contributed by atoms with Gasteiger partial charge in [-0.1, -0.05) is 48.2 Å². The molecule has 2 heterocycles. The highest BCUT2D eigenvalue weighted by Crippen LogP contribution is 2.28. The number of nitrogens with zero attached hydrogens (tertiary/aromatic N) is 4. The van der Waals surface area contributed by atoms with E-state index in [0.717, 1.165) is 22.4 Å². The molecule has 0 saturated heterocycles. The van der Waals surface area contributed by atoms with E-state index in [0.29, 0.717) is 16.7 Å². The Morgan fingerprint density at radius 3 is 2.43 bits per heavy atom. The molecule has 4 rings (SSSR count). The zero-order valence-corrected chi connectivity index (χ0v) is 17.5. The first-order valence-electron chi connectivity index (χ1n) is 9.44. The van der Waals surface area contributed by atoms with Gasteiger partial charge < -0.3 is 4.74 Å². The molecule has 0 spiro atoms. The van der Waals surface area contributed by atoms with E-state index < -0.39 is 0 Å². The van der Waals surface area contributed by atoms with Crippen LogP contribution in [0.2, 0.25) is 0 Å². The SMILES string of the molecule is Cc1cccc(C)c1OC(=O)CSc1nnc(-c2cccnc2)n1-c1ccccc1. The van der Waals surface area contributed by atoms with Crippen LogP contribution >= 0.6 is 11.8 Å². The van der Waals surface area contributed by atoms with Crippen LogP contribution in [-0.4, -0.2) is 31.5 Å².